The molecule has 1 amide bonds. The van der Waals surface area contributed by atoms with Crippen LogP contribution in [0.5, 0.6) is 5.75 Å². The zero-order valence-electron chi connectivity index (χ0n) is 12.4. The van der Waals surface area contributed by atoms with Gasteiger partial charge in [0.25, 0.3) is 0 Å². The number of fused-ring (bicyclic) bond motifs is 1. The van der Waals surface area contributed by atoms with Gasteiger partial charge in [-0.05, 0) is 23.8 Å². The number of nitrogens with two attached hydrogens (primary N) is 1. The van der Waals surface area contributed by atoms with Crippen molar-refractivity contribution in [2.24, 2.45) is 5.73 Å². The van der Waals surface area contributed by atoms with Gasteiger partial charge in [-0.1, -0.05) is 36.4 Å². The minimum atomic E-state index is -0.784. The summed E-state index contributed by atoms with van der Waals surface area (Å²) in [4.78, 5) is 15.0. The standard InChI is InChI=1S/C18H16N2O3/c19-18(21)23-11-13-6-8-16(9-7-13)22-12-15-4-1-3-14-5-2-10-20-17(14)15/h1-10H,11-12H2,(H2,19,21). The summed E-state index contributed by atoms with van der Waals surface area (Å²) in [7, 11) is 0. The summed E-state index contributed by atoms with van der Waals surface area (Å²) in [5.41, 5.74) is 7.76. The van der Waals surface area contributed by atoms with Gasteiger partial charge in [-0.25, -0.2) is 4.79 Å². The van der Waals surface area contributed by atoms with Crippen LogP contribution in [0.2, 0.25) is 0 Å². The predicted molar refractivity (Wildman–Crippen MR) is 86.9 cm³/mol. The molecule has 0 spiro atoms. The largest absolute Gasteiger partial charge is 0.489 e. The Morgan fingerprint density at radius 3 is 2.57 bits per heavy atom. The molecule has 0 aliphatic carbocycles. The normalized spacial score (nSPS) is 10.4. The molecular formula is C18H16N2O3. The highest BCUT2D eigenvalue weighted by atomic mass is 16.5. The number of hydrogen-bond donors (Lipinski definition) is 1. The molecule has 2 aromatic carbocycles. The van der Waals surface area contributed by atoms with E-state index in [-0.39, 0.29) is 6.61 Å². The monoisotopic (exact) mass is 308 g/mol. The van der Waals surface area contributed by atoms with E-state index in [0.717, 1.165) is 27.8 Å². The quantitative estimate of drug-likeness (QED) is 0.784. The number of carbonyl (C=O) groups excluding carboxylic acids is 1. The Kier molecular flexibility index (Phi) is 4.38. The van der Waals surface area contributed by atoms with E-state index < -0.39 is 6.09 Å². The molecule has 3 rings (SSSR count). The fraction of sp³-hybridized carbons (Fsp3) is 0.111. The van der Waals surface area contributed by atoms with Crippen LogP contribution in [0.1, 0.15) is 11.1 Å². The first-order valence-electron chi connectivity index (χ1n) is 7.19. The van der Waals surface area contributed by atoms with Crippen LogP contribution in [0.25, 0.3) is 10.9 Å². The van der Waals surface area contributed by atoms with Crippen LogP contribution in [0, 0.1) is 0 Å². The second-order valence-electron chi connectivity index (χ2n) is 5.03. The Labute approximate surface area is 133 Å². The summed E-state index contributed by atoms with van der Waals surface area (Å²) >= 11 is 0. The Hall–Kier alpha value is -3.08. The Morgan fingerprint density at radius 1 is 1.00 bits per heavy atom. The molecule has 0 saturated heterocycles. The Bertz CT molecular complexity index is 811. The number of carbonyl (C=O) groups is 1. The summed E-state index contributed by atoms with van der Waals surface area (Å²) < 4.78 is 10.5. The topological polar surface area (TPSA) is 74.4 Å². The maximum atomic E-state index is 10.6. The van der Waals surface area contributed by atoms with Gasteiger partial charge in [-0.2, -0.15) is 0 Å². The van der Waals surface area contributed by atoms with E-state index >= 15 is 0 Å². The number of aromatic nitrogens is 1. The maximum Gasteiger partial charge on any atom is 0.404 e. The van der Waals surface area contributed by atoms with Gasteiger partial charge in [0.1, 0.15) is 19.0 Å². The van der Waals surface area contributed by atoms with E-state index in [0.29, 0.717) is 6.61 Å². The third kappa shape index (κ3) is 3.77. The van der Waals surface area contributed by atoms with E-state index in [1.165, 1.54) is 0 Å². The molecule has 0 unspecified atom stereocenters. The molecule has 0 aliphatic heterocycles. The molecule has 116 valence electrons. The Morgan fingerprint density at radius 2 is 1.78 bits per heavy atom. The van der Waals surface area contributed by atoms with Crippen molar-refractivity contribution in [3.05, 3.63) is 71.9 Å². The molecule has 1 heterocycles. The molecular weight excluding hydrogens is 292 g/mol. The number of primary amides is 1. The lowest BCUT2D eigenvalue weighted by molar-refractivity contribution is 0.150. The fourth-order valence-electron chi connectivity index (χ4n) is 2.28. The fourth-order valence-corrected chi connectivity index (χ4v) is 2.28. The lowest BCUT2D eigenvalue weighted by Crippen LogP contribution is -2.12. The number of ether oxygens (including phenoxy) is 2. The highest BCUT2D eigenvalue weighted by molar-refractivity contribution is 5.81. The first-order chi connectivity index (χ1) is 11.2. The third-order valence-corrected chi connectivity index (χ3v) is 3.42. The molecule has 0 saturated carbocycles. The Balaban J connectivity index is 1.67. The van der Waals surface area contributed by atoms with Gasteiger partial charge in [0.05, 0.1) is 5.52 Å². The van der Waals surface area contributed by atoms with Gasteiger partial charge in [-0.3, -0.25) is 4.98 Å². The molecule has 2 N–H and O–H groups in total. The number of para-hydroxylation sites is 1. The number of hydrogen-bond acceptors (Lipinski definition) is 4. The highest BCUT2D eigenvalue weighted by Crippen LogP contribution is 2.19. The van der Waals surface area contributed by atoms with Gasteiger partial charge in [0.2, 0.25) is 0 Å². The van der Waals surface area contributed by atoms with Crippen molar-refractivity contribution in [2.45, 2.75) is 13.2 Å². The number of rotatable bonds is 5. The first-order valence-corrected chi connectivity index (χ1v) is 7.19. The molecule has 0 radical (unpaired) electrons. The van der Waals surface area contributed by atoms with Gasteiger partial charge in [0, 0.05) is 17.1 Å². The summed E-state index contributed by atoms with van der Waals surface area (Å²) in [6.45, 7) is 0.592. The van der Waals surface area contributed by atoms with Gasteiger partial charge in [0.15, 0.2) is 0 Å². The van der Waals surface area contributed by atoms with Crippen LogP contribution in [-0.2, 0) is 18.0 Å². The second-order valence-corrected chi connectivity index (χ2v) is 5.03. The van der Waals surface area contributed by atoms with Gasteiger partial charge < -0.3 is 15.2 Å². The number of amides is 1. The van der Waals surface area contributed by atoms with E-state index in [1.54, 1.807) is 6.20 Å². The van der Waals surface area contributed by atoms with Crippen LogP contribution in [0.15, 0.2) is 60.8 Å². The van der Waals surface area contributed by atoms with Crippen molar-refractivity contribution in [2.75, 3.05) is 0 Å². The molecule has 1 aromatic heterocycles. The van der Waals surface area contributed by atoms with Gasteiger partial charge in [-0.15, -0.1) is 0 Å². The zero-order chi connectivity index (χ0) is 16.1. The van der Waals surface area contributed by atoms with E-state index in [9.17, 15) is 4.79 Å². The van der Waals surface area contributed by atoms with E-state index in [1.807, 2.05) is 54.6 Å². The first kappa shape index (κ1) is 14.8. The SMILES string of the molecule is NC(=O)OCc1ccc(OCc2cccc3cccnc23)cc1. The average Bonchev–Trinajstić information content (AvgIpc) is 2.59. The molecule has 0 atom stereocenters. The van der Waals surface area contributed by atoms with Crippen LogP contribution in [-0.4, -0.2) is 11.1 Å². The van der Waals surface area contributed by atoms with Crippen LogP contribution < -0.4 is 10.5 Å². The summed E-state index contributed by atoms with van der Waals surface area (Å²) in [6, 6.07) is 17.3. The number of benzene rings is 2. The second kappa shape index (κ2) is 6.79. The lowest BCUT2D eigenvalue weighted by Gasteiger charge is -2.09. The number of pyridine rings is 1. The van der Waals surface area contributed by atoms with Crippen molar-refractivity contribution in [1.29, 1.82) is 0 Å². The van der Waals surface area contributed by atoms with Crippen molar-refractivity contribution < 1.29 is 14.3 Å². The minimum absolute atomic E-state index is 0.156. The molecule has 0 bridgehead atoms. The zero-order valence-corrected chi connectivity index (χ0v) is 12.4. The lowest BCUT2D eigenvalue weighted by atomic mass is 10.1. The number of nitrogens with zero attached hydrogens (tertiary/aromatic N) is 1. The summed E-state index contributed by atoms with van der Waals surface area (Å²) in [5.74, 6) is 0.737. The van der Waals surface area contributed by atoms with Crippen molar-refractivity contribution in [3.8, 4) is 5.75 Å². The van der Waals surface area contributed by atoms with E-state index in [2.05, 4.69) is 4.98 Å². The molecule has 3 aromatic rings. The summed E-state index contributed by atoms with van der Waals surface area (Å²) in [5, 5.41) is 1.09. The molecule has 5 heteroatoms. The van der Waals surface area contributed by atoms with Crippen LogP contribution in [0.3, 0.4) is 0 Å². The van der Waals surface area contributed by atoms with Gasteiger partial charge >= 0.3 is 6.09 Å². The summed E-state index contributed by atoms with van der Waals surface area (Å²) in [6.07, 6.45) is 0.994. The average molecular weight is 308 g/mol. The molecule has 23 heavy (non-hydrogen) atoms. The molecule has 0 fully saturated rings. The van der Waals surface area contributed by atoms with Crippen molar-refractivity contribution >= 4 is 17.0 Å². The van der Waals surface area contributed by atoms with Crippen LogP contribution in [0.4, 0.5) is 4.79 Å². The van der Waals surface area contributed by atoms with Crippen LogP contribution >= 0.6 is 0 Å². The van der Waals surface area contributed by atoms with Crippen molar-refractivity contribution in [1.82, 2.24) is 4.98 Å². The predicted octanol–water partition coefficient (Wildman–Crippen LogP) is 3.41. The smallest absolute Gasteiger partial charge is 0.404 e. The van der Waals surface area contributed by atoms with Crippen molar-refractivity contribution in [3.63, 3.8) is 0 Å². The molecule has 0 aliphatic rings. The molecule has 5 nitrogen and oxygen atoms in total. The van der Waals surface area contributed by atoms with E-state index in [4.69, 9.17) is 15.2 Å². The third-order valence-electron chi connectivity index (χ3n) is 3.42. The minimum Gasteiger partial charge on any atom is -0.489 e. The highest BCUT2D eigenvalue weighted by Gasteiger charge is 2.03. The maximum absolute atomic E-state index is 10.6.